The van der Waals surface area contributed by atoms with Crippen molar-refractivity contribution in [2.45, 2.75) is 13.8 Å². The van der Waals surface area contributed by atoms with Gasteiger partial charge in [-0.1, -0.05) is 6.58 Å². The van der Waals surface area contributed by atoms with E-state index in [1.807, 2.05) is 0 Å². The summed E-state index contributed by atoms with van der Waals surface area (Å²) >= 11 is 0. The third-order valence-corrected chi connectivity index (χ3v) is 1.21. The van der Waals surface area contributed by atoms with Gasteiger partial charge in [0, 0.05) is 6.21 Å². The normalized spacial score (nSPS) is 12.5. The van der Waals surface area contributed by atoms with Crippen LogP contribution in [0.25, 0.3) is 0 Å². The summed E-state index contributed by atoms with van der Waals surface area (Å²) in [6.07, 6.45) is 2.89. The minimum Gasteiger partial charge on any atom is -0.491 e. The van der Waals surface area contributed by atoms with E-state index in [0.29, 0.717) is 12.4 Å². The maximum atomic E-state index is 10.9. The number of ether oxygens (including phenoxy) is 1. The van der Waals surface area contributed by atoms with E-state index in [1.165, 1.54) is 12.3 Å². The van der Waals surface area contributed by atoms with Crippen molar-refractivity contribution in [3.63, 3.8) is 0 Å². The molecule has 13 heavy (non-hydrogen) atoms. The monoisotopic (exact) mass is 182 g/mol. The second kappa shape index (κ2) is 5.99. The van der Waals surface area contributed by atoms with Gasteiger partial charge in [0.25, 0.3) is 5.91 Å². The van der Waals surface area contributed by atoms with E-state index in [-0.39, 0.29) is 5.70 Å². The third-order valence-electron chi connectivity index (χ3n) is 1.21. The van der Waals surface area contributed by atoms with Gasteiger partial charge in [0.2, 0.25) is 0 Å². The van der Waals surface area contributed by atoms with Gasteiger partial charge in [-0.05, 0) is 19.9 Å². The Balaban J connectivity index is 4.99. The summed E-state index contributed by atoms with van der Waals surface area (Å²) in [5.41, 5.74) is 5.19. The predicted molar refractivity (Wildman–Crippen MR) is 52.2 cm³/mol. The molecule has 4 nitrogen and oxygen atoms in total. The highest BCUT2D eigenvalue weighted by molar-refractivity contribution is 5.93. The first-order chi connectivity index (χ1) is 6.17. The van der Waals surface area contributed by atoms with E-state index in [9.17, 15) is 4.79 Å². The molecule has 0 fully saturated rings. The third kappa shape index (κ3) is 3.55. The van der Waals surface area contributed by atoms with Crippen LogP contribution in [0.1, 0.15) is 13.8 Å². The van der Waals surface area contributed by atoms with Crippen LogP contribution in [0.3, 0.4) is 0 Å². The van der Waals surface area contributed by atoms with Crippen molar-refractivity contribution >= 4 is 12.1 Å². The van der Waals surface area contributed by atoms with Crippen LogP contribution in [-0.4, -0.2) is 18.7 Å². The van der Waals surface area contributed by atoms with E-state index >= 15 is 0 Å². The number of nitrogens with zero attached hydrogens (tertiary/aromatic N) is 1. The molecule has 0 unspecified atom stereocenters. The van der Waals surface area contributed by atoms with Crippen molar-refractivity contribution in [3.8, 4) is 0 Å². The molecular formula is C9H14N2O2. The highest BCUT2D eigenvalue weighted by Crippen LogP contribution is 2.08. The van der Waals surface area contributed by atoms with Gasteiger partial charge >= 0.3 is 0 Å². The maximum Gasteiger partial charge on any atom is 0.271 e. The Bertz CT molecular complexity index is 254. The zero-order chi connectivity index (χ0) is 10.3. The number of amides is 1. The van der Waals surface area contributed by atoms with Gasteiger partial charge in [0.15, 0.2) is 5.70 Å². The van der Waals surface area contributed by atoms with Crippen LogP contribution in [0.4, 0.5) is 0 Å². The first kappa shape index (κ1) is 11.4. The molecule has 4 heteroatoms. The number of aliphatic imine (C=N–C) groups is 1. The fraction of sp³-hybridized carbons (Fsp3) is 0.333. The Morgan fingerprint density at radius 1 is 1.69 bits per heavy atom. The number of hydrogen-bond acceptors (Lipinski definition) is 3. The summed E-state index contributed by atoms with van der Waals surface area (Å²) in [6.45, 7) is 7.44. The molecule has 0 aromatic carbocycles. The Morgan fingerprint density at radius 2 is 2.31 bits per heavy atom. The second-order valence-electron chi connectivity index (χ2n) is 2.10. The average molecular weight is 182 g/mol. The van der Waals surface area contributed by atoms with Gasteiger partial charge < -0.3 is 10.5 Å². The van der Waals surface area contributed by atoms with Gasteiger partial charge in [-0.2, -0.15) is 0 Å². The number of allylic oxidation sites excluding steroid dienone is 1. The van der Waals surface area contributed by atoms with Crippen LogP contribution in [0.15, 0.2) is 29.1 Å². The van der Waals surface area contributed by atoms with Crippen molar-refractivity contribution in [1.29, 1.82) is 0 Å². The molecule has 0 aliphatic rings. The lowest BCUT2D eigenvalue weighted by atomic mass is 10.3. The lowest BCUT2D eigenvalue weighted by Gasteiger charge is -2.05. The van der Waals surface area contributed by atoms with E-state index in [4.69, 9.17) is 10.5 Å². The summed E-state index contributed by atoms with van der Waals surface area (Å²) in [6, 6.07) is 0. The second-order valence-corrected chi connectivity index (χ2v) is 2.10. The molecule has 0 heterocycles. The maximum absolute atomic E-state index is 10.9. The predicted octanol–water partition coefficient (Wildman–Crippen LogP) is 0.996. The molecule has 0 saturated carbocycles. The lowest BCUT2D eigenvalue weighted by Crippen LogP contribution is -2.15. The standard InChI is InChI=1S/C9H14N2O2/c1-4-7(13-6-3)8(9(10)12)11-5-2/h4-5H,1,6H2,2-3H3,(H2,10,12)/b8-7+,11-5?. The van der Waals surface area contributed by atoms with Crippen LogP contribution in [0.5, 0.6) is 0 Å². The molecule has 0 atom stereocenters. The fourth-order valence-electron chi connectivity index (χ4n) is 0.757. The van der Waals surface area contributed by atoms with Crippen molar-refractivity contribution in [3.05, 3.63) is 24.1 Å². The molecule has 0 aliphatic carbocycles. The van der Waals surface area contributed by atoms with Gasteiger partial charge in [-0.3, -0.25) is 9.79 Å². The van der Waals surface area contributed by atoms with Gasteiger partial charge in [-0.15, -0.1) is 0 Å². The molecule has 0 aromatic rings. The quantitative estimate of drug-likeness (QED) is 0.298. The SMILES string of the molecule is C=C/C(OCC)=C(\N=CC)C(N)=O. The van der Waals surface area contributed by atoms with Gasteiger partial charge in [0.05, 0.1) is 6.61 Å². The summed E-state index contributed by atoms with van der Waals surface area (Å²) in [5.74, 6) is -0.311. The Morgan fingerprint density at radius 3 is 2.62 bits per heavy atom. The minimum absolute atomic E-state index is 0.0966. The van der Waals surface area contributed by atoms with Crippen molar-refractivity contribution in [1.82, 2.24) is 0 Å². The molecule has 72 valence electrons. The molecule has 0 aromatic heterocycles. The van der Waals surface area contributed by atoms with E-state index in [2.05, 4.69) is 11.6 Å². The average Bonchev–Trinajstić information content (AvgIpc) is 2.10. The van der Waals surface area contributed by atoms with E-state index in [1.54, 1.807) is 13.8 Å². The zero-order valence-corrected chi connectivity index (χ0v) is 7.91. The van der Waals surface area contributed by atoms with E-state index < -0.39 is 5.91 Å². The van der Waals surface area contributed by atoms with Crippen molar-refractivity contribution in [2.24, 2.45) is 10.7 Å². The fourth-order valence-corrected chi connectivity index (χ4v) is 0.757. The van der Waals surface area contributed by atoms with Crippen molar-refractivity contribution in [2.75, 3.05) is 6.61 Å². The van der Waals surface area contributed by atoms with Crippen LogP contribution in [-0.2, 0) is 9.53 Å². The van der Waals surface area contributed by atoms with E-state index in [0.717, 1.165) is 0 Å². The molecule has 0 aliphatic heterocycles. The summed E-state index contributed by atoms with van der Waals surface area (Å²) in [5, 5.41) is 0. The smallest absolute Gasteiger partial charge is 0.271 e. The zero-order valence-electron chi connectivity index (χ0n) is 7.91. The van der Waals surface area contributed by atoms with Crippen LogP contribution < -0.4 is 5.73 Å². The molecule has 0 saturated heterocycles. The molecule has 0 rings (SSSR count). The molecule has 1 amide bonds. The van der Waals surface area contributed by atoms with Gasteiger partial charge in [0.1, 0.15) is 5.76 Å². The molecular weight excluding hydrogens is 168 g/mol. The first-order valence-electron chi connectivity index (χ1n) is 3.95. The van der Waals surface area contributed by atoms with Gasteiger partial charge in [-0.25, -0.2) is 0 Å². The number of carbonyl (C=O) groups excluding carboxylic acids is 1. The van der Waals surface area contributed by atoms with Crippen molar-refractivity contribution < 1.29 is 9.53 Å². The minimum atomic E-state index is -0.624. The number of carbonyl (C=O) groups is 1. The Hall–Kier alpha value is -1.58. The number of hydrogen-bond donors (Lipinski definition) is 1. The topological polar surface area (TPSA) is 64.7 Å². The molecule has 0 bridgehead atoms. The van der Waals surface area contributed by atoms with Crippen LogP contribution in [0.2, 0.25) is 0 Å². The Kier molecular flexibility index (Phi) is 5.27. The first-order valence-corrected chi connectivity index (χ1v) is 3.95. The molecule has 0 radical (unpaired) electrons. The van der Waals surface area contributed by atoms with Crippen LogP contribution >= 0.6 is 0 Å². The number of nitrogens with two attached hydrogens (primary N) is 1. The lowest BCUT2D eigenvalue weighted by molar-refractivity contribution is -0.114. The summed E-state index contributed by atoms with van der Waals surface area (Å²) in [4.78, 5) is 14.7. The Labute approximate surface area is 77.8 Å². The highest BCUT2D eigenvalue weighted by Gasteiger charge is 2.09. The summed E-state index contributed by atoms with van der Waals surface area (Å²) in [7, 11) is 0. The summed E-state index contributed by atoms with van der Waals surface area (Å²) < 4.78 is 5.11. The van der Waals surface area contributed by atoms with Crippen LogP contribution in [0, 0.1) is 0 Å². The largest absolute Gasteiger partial charge is 0.491 e. The number of rotatable bonds is 5. The molecule has 2 N–H and O–H groups in total. The number of primary amides is 1. The highest BCUT2D eigenvalue weighted by atomic mass is 16.5. The molecule has 0 spiro atoms.